The molecule has 0 aromatic heterocycles. The zero-order chi connectivity index (χ0) is 33.7. The Hall–Kier alpha value is -2.66. The Bertz CT molecular complexity index is 1380. The van der Waals surface area contributed by atoms with Gasteiger partial charge in [0.1, 0.15) is 5.75 Å². The van der Waals surface area contributed by atoms with E-state index in [1.54, 1.807) is 12.1 Å². The number of aliphatic hydroxyl groups excluding tert-OH is 1. The van der Waals surface area contributed by atoms with E-state index in [4.69, 9.17) is 4.74 Å². The summed E-state index contributed by atoms with van der Waals surface area (Å²) < 4.78 is 5.88. The molecule has 0 aliphatic heterocycles. The third-order valence-corrected chi connectivity index (χ3v) is 13.5. The van der Waals surface area contributed by atoms with Crippen LogP contribution >= 0.6 is 0 Å². The molecule has 0 saturated heterocycles. The average Bonchev–Trinajstić information content (AvgIpc) is 3.88. The maximum Gasteiger partial charge on any atom is 0.343 e. The smallest absolute Gasteiger partial charge is 0.343 e. The molecule has 5 nitrogen and oxygen atoms in total. The number of amides is 1. The predicted molar refractivity (Wildman–Crippen MR) is 193 cm³/mol. The molecule has 1 amide bonds. The molecule has 3 unspecified atom stereocenters. The van der Waals surface area contributed by atoms with Gasteiger partial charge in [0, 0.05) is 25.4 Å². The fourth-order valence-electron chi connectivity index (χ4n) is 10.6. The van der Waals surface area contributed by atoms with Gasteiger partial charge in [0.25, 0.3) is 0 Å². The third-order valence-electron chi connectivity index (χ3n) is 13.5. The van der Waals surface area contributed by atoms with Gasteiger partial charge in [-0.25, -0.2) is 4.79 Å². The summed E-state index contributed by atoms with van der Waals surface area (Å²) in [6, 6.07) is 15.7. The Morgan fingerprint density at radius 1 is 0.917 bits per heavy atom. The van der Waals surface area contributed by atoms with Crippen LogP contribution in [0.3, 0.4) is 0 Å². The quantitative estimate of drug-likeness (QED) is 0.111. The Morgan fingerprint density at radius 2 is 1.62 bits per heavy atom. The number of benzene rings is 2. The monoisotopic (exact) mass is 655 g/mol. The number of aliphatic hydroxyl groups is 1. The molecule has 0 radical (unpaired) electrons. The number of esters is 1. The van der Waals surface area contributed by atoms with Crippen LogP contribution in [0.1, 0.15) is 150 Å². The Kier molecular flexibility index (Phi) is 11.3. The lowest BCUT2D eigenvalue weighted by atomic mass is 9.50. The lowest BCUT2D eigenvalue weighted by molar-refractivity contribution is -0.130. The van der Waals surface area contributed by atoms with Crippen molar-refractivity contribution in [3.63, 3.8) is 0 Å². The first-order valence-corrected chi connectivity index (χ1v) is 19.6. The summed E-state index contributed by atoms with van der Waals surface area (Å²) in [7, 11) is 1.94. The van der Waals surface area contributed by atoms with E-state index in [9.17, 15) is 14.7 Å². The van der Waals surface area contributed by atoms with Crippen molar-refractivity contribution >= 4 is 11.9 Å². The number of nitrogens with zero attached hydrogens (tertiary/aromatic N) is 1. The van der Waals surface area contributed by atoms with E-state index in [0.29, 0.717) is 47.3 Å². The molecule has 1 N–H and O–H groups in total. The Balaban J connectivity index is 1.03. The van der Waals surface area contributed by atoms with Crippen LogP contribution in [0.4, 0.5) is 0 Å². The first-order valence-electron chi connectivity index (χ1n) is 19.6. The third kappa shape index (κ3) is 7.28. The van der Waals surface area contributed by atoms with Crippen LogP contribution in [0.15, 0.2) is 48.5 Å². The number of rotatable bonds is 16. The van der Waals surface area contributed by atoms with Crippen LogP contribution in [0.25, 0.3) is 0 Å². The summed E-state index contributed by atoms with van der Waals surface area (Å²) >= 11 is 0. The maximum atomic E-state index is 12.9. The molecule has 4 aliphatic rings. The number of ether oxygens (including phenoxy) is 1. The molecule has 1 spiro atoms. The van der Waals surface area contributed by atoms with Gasteiger partial charge >= 0.3 is 5.97 Å². The fraction of sp³-hybridized carbons (Fsp3) is 0.674. The van der Waals surface area contributed by atoms with Gasteiger partial charge in [0.2, 0.25) is 5.91 Å². The minimum atomic E-state index is -0.299. The van der Waals surface area contributed by atoms with Crippen molar-refractivity contribution in [3.8, 4) is 5.75 Å². The van der Waals surface area contributed by atoms with Gasteiger partial charge in [0.15, 0.2) is 0 Å². The van der Waals surface area contributed by atoms with Gasteiger partial charge in [0.05, 0.1) is 11.7 Å². The van der Waals surface area contributed by atoms with Crippen LogP contribution in [0, 0.1) is 28.6 Å². The van der Waals surface area contributed by atoms with Crippen LogP contribution < -0.4 is 4.74 Å². The summed E-state index contributed by atoms with van der Waals surface area (Å²) in [5, 5.41) is 11.4. The number of hydrogen-bond donors (Lipinski definition) is 1. The van der Waals surface area contributed by atoms with Crippen LogP contribution in [-0.2, 0) is 11.2 Å². The number of carbonyl (C=O) groups excluding carboxylic acids is 2. The lowest BCUT2D eigenvalue weighted by Crippen LogP contribution is -2.46. The normalized spacial score (nSPS) is 28.0. The molecule has 2 aromatic carbocycles. The molecule has 4 aliphatic carbocycles. The lowest BCUT2D eigenvalue weighted by Gasteiger charge is -2.54. The number of unbranched alkanes of at least 4 members (excludes halogenated alkanes) is 8. The van der Waals surface area contributed by atoms with Crippen LogP contribution in [0.2, 0.25) is 0 Å². The Morgan fingerprint density at radius 3 is 2.33 bits per heavy atom. The molecule has 3 saturated carbocycles. The van der Waals surface area contributed by atoms with Gasteiger partial charge in [-0.3, -0.25) is 4.79 Å². The van der Waals surface area contributed by atoms with Crippen molar-refractivity contribution in [1.29, 1.82) is 0 Å². The second kappa shape index (κ2) is 15.5. The molecule has 48 heavy (non-hydrogen) atoms. The molecular weight excluding hydrogens is 594 g/mol. The van der Waals surface area contributed by atoms with E-state index < -0.39 is 0 Å². The first-order chi connectivity index (χ1) is 23.3. The summed E-state index contributed by atoms with van der Waals surface area (Å²) in [6.45, 7) is 5.59. The summed E-state index contributed by atoms with van der Waals surface area (Å²) in [5.41, 5.74) is 3.87. The van der Waals surface area contributed by atoms with Gasteiger partial charge < -0.3 is 14.7 Å². The second-order valence-corrected chi connectivity index (χ2v) is 16.3. The van der Waals surface area contributed by atoms with Gasteiger partial charge in [-0.1, -0.05) is 89.5 Å². The SMILES string of the molecule is CCCCN(C)C(=O)CCCCCCCCCC[C@@H]1Cc2cc(OC(=O)c3ccccc3)ccc2C2CC[C@@]3(C)C(C[C@@H](O)C34CC4)C21. The highest BCUT2D eigenvalue weighted by Gasteiger charge is 2.71. The summed E-state index contributed by atoms with van der Waals surface area (Å²) in [5.74, 6) is 3.04. The number of hydrogen-bond acceptors (Lipinski definition) is 4. The molecule has 6 atom stereocenters. The van der Waals surface area contributed by atoms with E-state index >= 15 is 0 Å². The van der Waals surface area contributed by atoms with E-state index in [0.717, 1.165) is 45.1 Å². The molecule has 262 valence electrons. The summed E-state index contributed by atoms with van der Waals surface area (Å²) in [4.78, 5) is 27.0. The Labute approximate surface area is 290 Å². The van der Waals surface area contributed by atoms with Crippen molar-refractivity contribution in [2.75, 3.05) is 13.6 Å². The zero-order valence-electron chi connectivity index (χ0n) is 30.1. The van der Waals surface area contributed by atoms with E-state index in [1.807, 2.05) is 36.2 Å². The number of carbonyl (C=O) groups is 2. The van der Waals surface area contributed by atoms with Crippen molar-refractivity contribution in [1.82, 2.24) is 4.90 Å². The highest BCUT2D eigenvalue weighted by Crippen LogP contribution is 2.76. The highest BCUT2D eigenvalue weighted by atomic mass is 16.5. The molecule has 5 heteroatoms. The topological polar surface area (TPSA) is 66.8 Å². The minimum absolute atomic E-state index is 0.131. The minimum Gasteiger partial charge on any atom is -0.423 e. The molecule has 6 rings (SSSR count). The van der Waals surface area contributed by atoms with Gasteiger partial charge in [-0.05, 0) is 122 Å². The van der Waals surface area contributed by atoms with Crippen LogP contribution in [0.5, 0.6) is 5.75 Å². The van der Waals surface area contributed by atoms with E-state index in [2.05, 4.69) is 26.0 Å². The highest BCUT2D eigenvalue weighted by molar-refractivity contribution is 5.91. The van der Waals surface area contributed by atoms with Crippen molar-refractivity contribution < 1.29 is 19.4 Å². The van der Waals surface area contributed by atoms with Crippen molar-refractivity contribution in [3.05, 3.63) is 65.2 Å². The van der Waals surface area contributed by atoms with Gasteiger partial charge in [-0.2, -0.15) is 0 Å². The second-order valence-electron chi connectivity index (χ2n) is 16.3. The average molecular weight is 656 g/mol. The fourth-order valence-corrected chi connectivity index (χ4v) is 10.6. The molecule has 3 fully saturated rings. The molecular formula is C43H61NO4. The van der Waals surface area contributed by atoms with Gasteiger partial charge in [-0.15, -0.1) is 0 Å². The number of fused-ring (bicyclic) bond motifs is 6. The maximum absolute atomic E-state index is 12.9. The largest absolute Gasteiger partial charge is 0.423 e. The zero-order valence-corrected chi connectivity index (χ0v) is 30.1. The van der Waals surface area contributed by atoms with Crippen molar-refractivity contribution in [2.24, 2.45) is 28.6 Å². The van der Waals surface area contributed by atoms with Crippen molar-refractivity contribution in [2.45, 2.75) is 141 Å². The summed E-state index contributed by atoms with van der Waals surface area (Å²) in [6.07, 6.45) is 20.7. The molecule has 2 aromatic rings. The predicted octanol–water partition coefficient (Wildman–Crippen LogP) is 9.90. The molecule has 0 heterocycles. The standard InChI is InChI=1S/C43H61NO4/c1-4-5-27-44(3)39(46)20-16-11-9-7-6-8-10-13-19-32-28-33-29-34(48-41(47)31-17-14-12-15-18-31)21-22-35(33)36-23-24-42(2)37(40(32)36)30-38(45)43(42)25-26-43/h12,14-15,17-18,21-22,29,32,36-38,40,45H,4-11,13,16,19-20,23-28,30H2,1-3H3/t32-,36?,37?,38-,40?,42+/m1/s1. The first kappa shape index (κ1) is 35.2. The molecule has 0 bridgehead atoms. The van der Waals surface area contributed by atoms with Crippen LogP contribution in [-0.4, -0.2) is 41.6 Å². The van der Waals surface area contributed by atoms with E-state index in [1.165, 1.54) is 81.8 Å². The van der Waals surface area contributed by atoms with E-state index in [-0.39, 0.29) is 22.9 Å².